The van der Waals surface area contributed by atoms with Crippen LogP contribution in [-0.4, -0.2) is 50.8 Å². The Balaban J connectivity index is 1.86. The molecule has 7 nitrogen and oxygen atoms in total. The number of nitrogens with one attached hydrogen (secondary N) is 1. The van der Waals surface area contributed by atoms with E-state index in [1.54, 1.807) is 24.0 Å². The predicted octanol–water partition coefficient (Wildman–Crippen LogP) is 1.91. The molecule has 1 aliphatic rings. The van der Waals surface area contributed by atoms with E-state index in [4.69, 9.17) is 5.10 Å². The van der Waals surface area contributed by atoms with Crippen molar-refractivity contribution < 1.29 is 19.1 Å². The van der Waals surface area contributed by atoms with Crippen molar-refractivity contribution in [3.63, 3.8) is 0 Å². The molecule has 1 amide bonds. The van der Waals surface area contributed by atoms with Crippen molar-refractivity contribution >= 4 is 11.9 Å². The Morgan fingerprint density at radius 2 is 2.04 bits per heavy atom. The van der Waals surface area contributed by atoms with Crippen molar-refractivity contribution in [2.24, 2.45) is 0 Å². The van der Waals surface area contributed by atoms with Gasteiger partial charge < -0.3 is 10.4 Å². The first-order chi connectivity index (χ1) is 13.4. The lowest BCUT2D eigenvalue weighted by atomic mass is 10.1. The highest BCUT2D eigenvalue weighted by Crippen LogP contribution is 2.29. The number of carbonyl (C=O) groups is 2. The molecule has 2 N–H and O–H groups in total. The Morgan fingerprint density at radius 3 is 2.68 bits per heavy atom. The summed E-state index contributed by atoms with van der Waals surface area (Å²) in [6, 6.07) is 5.49. The Hall–Kier alpha value is -2.74. The average molecular weight is 388 g/mol. The normalized spacial score (nSPS) is 14.1. The van der Waals surface area contributed by atoms with E-state index in [0.29, 0.717) is 19.6 Å². The van der Waals surface area contributed by atoms with Gasteiger partial charge >= 0.3 is 5.97 Å². The highest BCUT2D eigenvalue weighted by atomic mass is 19.1. The number of rotatable bonds is 8. The Bertz CT molecular complexity index is 863. The lowest BCUT2D eigenvalue weighted by Crippen LogP contribution is -2.43. The molecule has 1 aliphatic carbocycles. The molecule has 0 fully saturated rings. The fourth-order valence-electron chi connectivity index (χ4n) is 3.57. The minimum absolute atomic E-state index is 0.149. The predicted molar refractivity (Wildman–Crippen MR) is 102 cm³/mol. The maximum Gasteiger partial charge on any atom is 0.320 e. The molecule has 150 valence electrons. The molecule has 0 spiro atoms. The fourth-order valence-corrected chi connectivity index (χ4v) is 3.57. The van der Waals surface area contributed by atoms with Crippen LogP contribution in [0.4, 0.5) is 4.39 Å². The third-order valence-electron chi connectivity index (χ3n) is 5.12. The highest BCUT2D eigenvalue weighted by Gasteiger charge is 2.27. The molecule has 1 heterocycles. The molecule has 1 aromatic heterocycles. The summed E-state index contributed by atoms with van der Waals surface area (Å²) in [5, 5.41) is 16.9. The van der Waals surface area contributed by atoms with Crippen LogP contribution in [0.25, 0.3) is 5.69 Å². The molecule has 0 bridgehead atoms. The first kappa shape index (κ1) is 20.0. The number of hydrogen-bond donors (Lipinski definition) is 2. The van der Waals surface area contributed by atoms with E-state index >= 15 is 0 Å². The van der Waals surface area contributed by atoms with Crippen molar-refractivity contribution in [3.05, 3.63) is 47.0 Å². The SMILES string of the molecule is CC(=O)NCCN(Cc1nn(-c2ccc(F)cc2)c2c1CCC2)C(C)C(=O)O. The zero-order chi connectivity index (χ0) is 20.3. The summed E-state index contributed by atoms with van der Waals surface area (Å²) in [5.74, 6) is -1.37. The molecule has 0 saturated carbocycles. The summed E-state index contributed by atoms with van der Waals surface area (Å²) in [6.07, 6.45) is 2.80. The number of carboxylic acids is 1. The van der Waals surface area contributed by atoms with Crippen LogP contribution in [0.3, 0.4) is 0 Å². The number of aliphatic carboxylic acids is 1. The molecular weight excluding hydrogens is 363 g/mol. The third kappa shape index (κ3) is 4.39. The molecule has 8 heteroatoms. The van der Waals surface area contributed by atoms with Gasteiger partial charge in [0.15, 0.2) is 0 Å². The molecule has 0 aliphatic heterocycles. The van der Waals surface area contributed by atoms with Crippen LogP contribution in [0.5, 0.6) is 0 Å². The van der Waals surface area contributed by atoms with E-state index in [1.165, 1.54) is 19.1 Å². The molecule has 0 radical (unpaired) electrons. The van der Waals surface area contributed by atoms with Crippen LogP contribution in [0.1, 0.15) is 37.2 Å². The monoisotopic (exact) mass is 388 g/mol. The van der Waals surface area contributed by atoms with Gasteiger partial charge in [-0.05, 0) is 56.0 Å². The number of aromatic nitrogens is 2. The van der Waals surface area contributed by atoms with Crippen LogP contribution in [0.2, 0.25) is 0 Å². The smallest absolute Gasteiger partial charge is 0.320 e. The Kier molecular flexibility index (Phi) is 6.08. The van der Waals surface area contributed by atoms with Gasteiger partial charge in [-0.25, -0.2) is 9.07 Å². The number of nitrogens with zero attached hydrogens (tertiary/aromatic N) is 3. The maximum absolute atomic E-state index is 13.3. The molecular formula is C20H25FN4O3. The molecule has 1 unspecified atom stereocenters. The summed E-state index contributed by atoms with van der Waals surface area (Å²) in [4.78, 5) is 24.5. The van der Waals surface area contributed by atoms with Crippen LogP contribution in [0.15, 0.2) is 24.3 Å². The Morgan fingerprint density at radius 1 is 1.32 bits per heavy atom. The minimum atomic E-state index is -0.919. The minimum Gasteiger partial charge on any atom is -0.480 e. The van der Waals surface area contributed by atoms with Gasteiger partial charge in [0.2, 0.25) is 5.91 Å². The van der Waals surface area contributed by atoms with E-state index in [9.17, 15) is 19.1 Å². The van der Waals surface area contributed by atoms with E-state index in [2.05, 4.69) is 5.32 Å². The first-order valence-electron chi connectivity index (χ1n) is 9.43. The molecule has 3 rings (SSSR count). The topological polar surface area (TPSA) is 87.5 Å². The maximum atomic E-state index is 13.3. The van der Waals surface area contributed by atoms with E-state index < -0.39 is 12.0 Å². The zero-order valence-corrected chi connectivity index (χ0v) is 16.1. The van der Waals surface area contributed by atoms with Gasteiger partial charge in [-0.15, -0.1) is 0 Å². The number of benzene rings is 1. The lowest BCUT2D eigenvalue weighted by Gasteiger charge is -2.25. The number of carbonyl (C=O) groups excluding carboxylic acids is 1. The molecule has 1 atom stereocenters. The Labute approximate surface area is 163 Å². The quantitative estimate of drug-likeness (QED) is 0.721. The van der Waals surface area contributed by atoms with Gasteiger partial charge in [-0.2, -0.15) is 5.10 Å². The number of hydrogen-bond acceptors (Lipinski definition) is 4. The molecule has 0 saturated heterocycles. The standard InChI is InChI=1S/C20H25FN4O3/c1-13(20(27)28)24(11-10-22-14(2)26)12-18-17-4-3-5-19(17)25(23-18)16-8-6-15(21)7-9-16/h6-9,13H,3-5,10-12H2,1-2H3,(H,22,26)(H,27,28). The second kappa shape index (κ2) is 8.52. The summed E-state index contributed by atoms with van der Waals surface area (Å²) >= 11 is 0. The van der Waals surface area contributed by atoms with Gasteiger partial charge in [0, 0.05) is 32.3 Å². The van der Waals surface area contributed by atoms with Crippen molar-refractivity contribution in [1.82, 2.24) is 20.0 Å². The van der Waals surface area contributed by atoms with Crippen LogP contribution >= 0.6 is 0 Å². The molecule has 1 aromatic carbocycles. The first-order valence-corrected chi connectivity index (χ1v) is 9.43. The molecule has 2 aromatic rings. The van der Waals surface area contributed by atoms with Gasteiger partial charge in [0.1, 0.15) is 11.9 Å². The van der Waals surface area contributed by atoms with Crippen LogP contribution in [0, 0.1) is 5.82 Å². The number of carboxylic acid groups (broad SMARTS) is 1. The number of halogens is 1. The van der Waals surface area contributed by atoms with Gasteiger partial charge in [-0.3, -0.25) is 14.5 Å². The largest absolute Gasteiger partial charge is 0.480 e. The highest BCUT2D eigenvalue weighted by molar-refractivity contribution is 5.73. The second-order valence-corrected chi connectivity index (χ2v) is 7.08. The van der Waals surface area contributed by atoms with Gasteiger partial charge in [-0.1, -0.05) is 0 Å². The summed E-state index contributed by atoms with van der Waals surface area (Å²) in [5.41, 5.74) is 3.88. The van der Waals surface area contributed by atoms with Gasteiger partial charge in [0.25, 0.3) is 0 Å². The van der Waals surface area contributed by atoms with Crippen molar-refractivity contribution in [1.29, 1.82) is 0 Å². The summed E-state index contributed by atoms with van der Waals surface area (Å²) in [7, 11) is 0. The average Bonchev–Trinajstić information content (AvgIpc) is 3.24. The zero-order valence-electron chi connectivity index (χ0n) is 16.1. The fraction of sp³-hybridized carbons (Fsp3) is 0.450. The van der Waals surface area contributed by atoms with Crippen LogP contribution in [-0.2, 0) is 29.0 Å². The summed E-state index contributed by atoms with van der Waals surface area (Å²) < 4.78 is 15.1. The lowest BCUT2D eigenvalue weighted by molar-refractivity contribution is -0.142. The van der Waals surface area contributed by atoms with E-state index in [1.807, 2.05) is 4.68 Å². The van der Waals surface area contributed by atoms with Crippen molar-refractivity contribution in [2.75, 3.05) is 13.1 Å². The van der Waals surface area contributed by atoms with Crippen LogP contribution < -0.4 is 5.32 Å². The van der Waals surface area contributed by atoms with E-state index in [-0.39, 0.29) is 11.7 Å². The van der Waals surface area contributed by atoms with Crippen molar-refractivity contribution in [2.45, 2.75) is 45.7 Å². The third-order valence-corrected chi connectivity index (χ3v) is 5.12. The van der Waals surface area contributed by atoms with E-state index in [0.717, 1.165) is 41.9 Å². The van der Waals surface area contributed by atoms with Gasteiger partial charge in [0.05, 0.1) is 11.4 Å². The molecule has 28 heavy (non-hydrogen) atoms. The number of amides is 1. The second-order valence-electron chi connectivity index (χ2n) is 7.08. The number of fused-ring (bicyclic) bond motifs is 1. The van der Waals surface area contributed by atoms with Crippen molar-refractivity contribution in [3.8, 4) is 5.69 Å². The summed E-state index contributed by atoms with van der Waals surface area (Å²) in [6.45, 7) is 4.22.